The van der Waals surface area contributed by atoms with Crippen molar-refractivity contribution in [2.75, 3.05) is 6.61 Å². The molecule has 0 rings (SSSR count). The van der Waals surface area contributed by atoms with E-state index in [1.54, 1.807) is 0 Å². The van der Waals surface area contributed by atoms with E-state index in [4.69, 9.17) is 4.74 Å². The molecule has 0 N–H and O–H groups in total. The fraction of sp³-hybridized carbons (Fsp3) is 0.875. The van der Waals surface area contributed by atoms with E-state index in [1.807, 2.05) is 6.92 Å². The standard InChI is InChI=1S/C8H17O/c1-7(2)5-6-9-8(3)4/h7-8H,3,5-6H2,1-2,4H3. The van der Waals surface area contributed by atoms with Gasteiger partial charge in [0.2, 0.25) is 0 Å². The third-order valence-electron chi connectivity index (χ3n) is 1.10. The lowest BCUT2D eigenvalue weighted by molar-refractivity contribution is 0.0870. The quantitative estimate of drug-likeness (QED) is 0.565. The first-order valence-electron chi connectivity index (χ1n) is 3.57. The Morgan fingerprint density at radius 2 is 1.89 bits per heavy atom. The van der Waals surface area contributed by atoms with Gasteiger partial charge in [0.1, 0.15) is 0 Å². The largest absolute Gasteiger partial charge is 0.378 e. The third kappa shape index (κ3) is 7.96. The van der Waals surface area contributed by atoms with Gasteiger partial charge >= 0.3 is 0 Å². The summed E-state index contributed by atoms with van der Waals surface area (Å²) in [5, 5.41) is 0. The second-order valence-corrected chi connectivity index (χ2v) is 2.86. The first-order chi connectivity index (χ1) is 4.13. The van der Waals surface area contributed by atoms with Crippen molar-refractivity contribution in [3.8, 4) is 0 Å². The zero-order valence-corrected chi connectivity index (χ0v) is 6.68. The number of hydrogen-bond acceptors (Lipinski definition) is 1. The smallest absolute Gasteiger partial charge is 0.0547 e. The maximum absolute atomic E-state index is 5.24. The summed E-state index contributed by atoms with van der Waals surface area (Å²) < 4.78 is 5.24. The fourth-order valence-corrected chi connectivity index (χ4v) is 0.505. The molecule has 1 nitrogen and oxygen atoms in total. The van der Waals surface area contributed by atoms with Crippen molar-refractivity contribution in [3.63, 3.8) is 0 Å². The van der Waals surface area contributed by atoms with Crippen molar-refractivity contribution < 1.29 is 4.74 Å². The van der Waals surface area contributed by atoms with Crippen molar-refractivity contribution in [2.45, 2.75) is 33.3 Å². The Hall–Kier alpha value is -0.0400. The highest BCUT2D eigenvalue weighted by Crippen LogP contribution is 2.00. The van der Waals surface area contributed by atoms with E-state index >= 15 is 0 Å². The molecule has 55 valence electrons. The number of ether oxygens (including phenoxy) is 1. The van der Waals surface area contributed by atoms with Crippen LogP contribution in [0.2, 0.25) is 0 Å². The van der Waals surface area contributed by atoms with Gasteiger partial charge in [-0.1, -0.05) is 13.8 Å². The van der Waals surface area contributed by atoms with E-state index in [0.29, 0.717) is 0 Å². The summed E-state index contributed by atoms with van der Waals surface area (Å²) in [4.78, 5) is 0. The second kappa shape index (κ2) is 4.80. The monoisotopic (exact) mass is 129 g/mol. The van der Waals surface area contributed by atoms with Crippen LogP contribution < -0.4 is 0 Å². The Morgan fingerprint density at radius 1 is 1.33 bits per heavy atom. The topological polar surface area (TPSA) is 9.23 Å². The molecule has 0 aliphatic carbocycles. The van der Waals surface area contributed by atoms with Crippen LogP contribution in [0.4, 0.5) is 0 Å². The molecule has 0 bridgehead atoms. The lowest BCUT2D eigenvalue weighted by atomic mass is 10.1. The Morgan fingerprint density at radius 3 is 2.22 bits per heavy atom. The molecule has 0 fully saturated rings. The summed E-state index contributed by atoms with van der Waals surface area (Å²) in [6.07, 6.45) is 1.28. The summed E-state index contributed by atoms with van der Waals surface area (Å²) in [5.41, 5.74) is 0. The minimum Gasteiger partial charge on any atom is -0.378 e. The summed E-state index contributed by atoms with van der Waals surface area (Å²) in [7, 11) is 0. The molecule has 1 unspecified atom stereocenters. The van der Waals surface area contributed by atoms with Gasteiger partial charge in [0.05, 0.1) is 6.10 Å². The van der Waals surface area contributed by atoms with E-state index < -0.39 is 0 Å². The minimum atomic E-state index is 0.142. The van der Waals surface area contributed by atoms with Gasteiger partial charge < -0.3 is 4.74 Å². The van der Waals surface area contributed by atoms with Crippen LogP contribution in [0.5, 0.6) is 0 Å². The van der Waals surface area contributed by atoms with Crippen molar-refractivity contribution in [1.29, 1.82) is 0 Å². The summed E-state index contributed by atoms with van der Waals surface area (Å²) in [6.45, 7) is 10.9. The summed E-state index contributed by atoms with van der Waals surface area (Å²) in [6, 6.07) is 0. The van der Waals surface area contributed by atoms with Crippen molar-refractivity contribution >= 4 is 0 Å². The summed E-state index contributed by atoms with van der Waals surface area (Å²) in [5.74, 6) is 0.740. The predicted octanol–water partition coefficient (Wildman–Crippen LogP) is 2.27. The molecule has 1 heteroatoms. The van der Waals surface area contributed by atoms with Crippen LogP contribution in [0.15, 0.2) is 0 Å². The van der Waals surface area contributed by atoms with Crippen molar-refractivity contribution in [2.24, 2.45) is 5.92 Å². The summed E-state index contributed by atoms with van der Waals surface area (Å²) >= 11 is 0. The van der Waals surface area contributed by atoms with Crippen LogP contribution in [-0.2, 0) is 4.74 Å². The van der Waals surface area contributed by atoms with Gasteiger partial charge in [-0.25, -0.2) is 0 Å². The van der Waals surface area contributed by atoms with Gasteiger partial charge in [-0.15, -0.1) is 0 Å². The second-order valence-electron chi connectivity index (χ2n) is 2.86. The Labute approximate surface area is 58.4 Å². The lowest BCUT2D eigenvalue weighted by Gasteiger charge is -2.08. The van der Waals surface area contributed by atoms with Gasteiger partial charge in [0.25, 0.3) is 0 Å². The molecule has 1 atom stereocenters. The van der Waals surface area contributed by atoms with E-state index in [1.165, 1.54) is 0 Å². The van der Waals surface area contributed by atoms with Crippen molar-refractivity contribution in [1.82, 2.24) is 0 Å². The number of rotatable bonds is 4. The highest BCUT2D eigenvalue weighted by atomic mass is 16.5. The van der Waals surface area contributed by atoms with Gasteiger partial charge in [-0.05, 0) is 26.2 Å². The fourth-order valence-electron chi connectivity index (χ4n) is 0.505. The maximum atomic E-state index is 5.24. The first kappa shape index (κ1) is 8.96. The SMILES string of the molecule is [CH2]C(C)OCCC(C)C. The van der Waals surface area contributed by atoms with Gasteiger partial charge in [0, 0.05) is 6.61 Å². The average Bonchev–Trinajstić information content (AvgIpc) is 1.63. The maximum Gasteiger partial charge on any atom is 0.0547 e. The first-order valence-corrected chi connectivity index (χ1v) is 3.57. The normalized spacial score (nSPS) is 11.3. The van der Waals surface area contributed by atoms with Crippen LogP contribution in [0.1, 0.15) is 27.2 Å². The Kier molecular flexibility index (Phi) is 4.78. The molecule has 0 spiro atoms. The average molecular weight is 129 g/mol. The van der Waals surface area contributed by atoms with Crippen LogP contribution in [0.25, 0.3) is 0 Å². The van der Waals surface area contributed by atoms with E-state index in [9.17, 15) is 0 Å². The van der Waals surface area contributed by atoms with Crippen molar-refractivity contribution in [3.05, 3.63) is 6.92 Å². The molecule has 0 saturated carbocycles. The molecule has 0 saturated heterocycles. The van der Waals surface area contributed by atoms with Gasteiger partial charge in [0.15, 0.2) is 0 Å². The molecule has 1 radical (unpaired) electrons. The molecule has 9 heavy (non-hydrogen) atoms. The number of hydrogen-bond donors (Lipinski definition) is 0. The van der Waals surface area contributed by atoms with Crippen LogP contribution in [0, 0.1) is 12.8 Å². The van der Waals surface area contributed by atoms with Crippen LogP contribution in [0.3, 0.4) is 0 Å². The molecule has 0 aliphatic rings. The predicted molar refractivity (Wildman–Crippen MR) is 40.2 cm³/mol. The van der Waals surface area contributed by atoms with Crippen LogP contribution >= 0.6 is 0 Å². The Bertz CT molecular complexity index is 49.6. The zero-order valence-electron chi connectivity index (χ0n) is 6.68. The van der Waals surface area contributed by atoms with Gasteiger partial charge in [-0.2, -0.15) is 0 Å². The molecule has 0 aromatic heterocycles. The lowest BCUT2D eigenvalue weighted by Crippen LogP contribution is -2.05. The molecular weight excluding hydrogens is 112 g/mol. The van der Waals surface area contributed by atoms with E-state index in [2.05, 4.69) is 20.8 Å². The highest BCUT2D eigenvalue weighted by Gasteiger charge is 1.95. The molecule has 0 aromatic carbocycles. The molecule has 0 aromatic rings. The Balaban J connectivity index is 2.91. The van der Waals surface area contributed by atoms with Crippen LogP contribution in [-0.4, -0.2) is 12.7 Å². The highest BCUT2D eigenvalue weighted by molar-refractivity contribution is 4.50. The minimum absolute atomic E-state index is 0.142. The zero-order chi connectivity index (χ0) is 7.28. The molecule has 0 heterocycles. The molecular formula is C8H17O. The third-order valence-corrected chi connectivity index (χ3v) is 1.10. The van der Waals surface area contributed by atoms with E-state index in [-0.39, 0.29) is 6.10 Å². The van der Waals surface area contributed by atoms with E-state index in [0.717, 1.165) is 18.9 Å². The van der Waals surface area contributed by atoms with Gasteiger partial charge in [-0.3, -0.25) is 0 Å². The molecule has 0 amide bonds. The molecule has 0 aliphatic heterocycles.